The minimum atomic E-state index is 0.0696. The first-order valence-electron chi connectivity index (χ1n) is 9.04. The van der Waals surface area contributed by atoms with Crippen molar-refractivity contribution in [1.82, 2.24) is 9.78 Å². The number of carbonyl (C=O) groups is 1. The van der Waals surface area contributed by atoms with Crippen molar-refractivity contribution in [2.45, 2.75) is 39.8 Å². The number of aryl methyl sites for hydroxylation is 2. The Morgan fingerprint density at radius 3 is 2.54 bits per heavy atom. The van der Waals surface area contributed by atoms with Gasteiger partial charge < -0.3 is 4.90 Å². The second-order valence-electron chi connectivity index (χ2n) is 7.14. The highest BCUT2D eigenvalue weighted by atomic mass is 16.2. The van der Waals surface area contributed by atoms with Gasteiger partial charge in [0.2, 0.25) is 0 Å². The van der Waals surface area contributed by atoms with E-state index in [0.717, 1.165) is 41.2 Å². The highest BCUT2D eigenvalue weighted by Gasteiger charge is 2.31. The van der Waals surface area contributed by atoms with Crippen molar-refractivity contribution in [3.8, 4) is 0 Å². The molecule has 3 aromatic rings. The number of anilines is 1. The van der Waals surface area contributed by atoms with E-state index >= 15 is 0 Å². The van der Waals surface area contributed by atoms with E-state index in [1.165, 1.54) is 5.56 Å². The third-order valence-electron chi connectivity index (χ3n) is 5.06. The Kier molecular flexibility index (Phi) is 4.11. The molecule has 0 fully saturated rings. The van der Waals surface area contributed by atoms with Crippen LogP contribution in [-0.4, -0.2) is 21.7 Å². The first-order chi connectivity index (χ1) is 12.5. The summed E-state index contributed by atoms with van der Waals surface area (Å²) in [6.45, 7) is 6.89. The summed E-state index contributed by atoms with van der Waals surface area (Å²) in [4.78, 5) is 15.0. The third kappa shape index (κ3) is 2.92. The molecule has 0 aliphatic carbocycles. The van der Waals surface area contributed by atoms with Crippen LogP contribution < -0.4 is 4.90 Å². The van der Waals surface area contributed by atoms with Crippen LogP contribution in [0.1, 0.15) is 39.8 Å². The van der Waals surface area contributed by atoms with E-state index in [1.807, 2.05) is 59.0 Å². The van der Waals surface area contributed by atoms with Gasteiger partial charge in [0.1, 0.15) is 0 Å². The first kappa shape index (κ1) is 16.6. The lowest BCUT2D eigenvalue weighted by Crippen LogP contribution is -2.35. The summed E-state index contributed by atoms with van der Waals surface area (Å²) >= 11 is 0. The molecule has 1 atom stereocenters. The second-order valence-corrected chi connectivity index (χ2v) is 7.14. The summed E-state index contributed by atoms with van der Waals surface area (Å²) in [6.07, 6.45) is 0.915. The fraction of sp³-hybridized carbons (Fsp3) is 0.273. The Hall–Kier alpha value is -2.88. The third-order valence-corrected chi connectivity index (χ3v) is 5.06. The molecule has 0 saturated carbocycles. The number of carbonyl (C=O) groups excluding carboxylic acids is 1. The molecule has 0 unspecified atom stereocenters. The molecule has 0 spiro atoms. The number of hydrogen-bond donors (Lipinski definition) is 0. The summed E-state index contributed by atoms with van der Waals surface area (Å²) in [5.74, 6) is 0.0696. The van der Waals surface area contributed by atoms with Crippen LogP contribution in [0.25, 0.3) is 0 Å². The lowest BCUT2D eigenvalue weighted by atomic mass is 10.1. The molecule has 1 aliphatic heterocycles. The van der Waals surface area contributed by atoms with Gasteiger partial charge in [-0.05, 0) is 62.6 Å². The molecule has 4 rings (SSSR count). The van der Waals surface area contributed by atoms with Crippen molar-refractivity contribution < 1.29 is 4.79 Å². The van der Waals surface area contributed by atoms with Gasteiger partial charge in [0.05, 0.1) is 12.2 Å². The molecule has 132 valence electrons. The van der Waals surface area contributed by atoms with E-state index < -0.39 is 0 Å². The Labute approximate surface area is 154 Å². The average Bonchev–Trinajstić information content (AvgIpc) is 3.12. The van der Waals surface area contributed by atoms with Crippen molar-refractivity contribution in [3.05, 3.63) is 82.7 Å². The van der Waals surface area contributed by atoms with Crippen LogP contribution in [0.15, 0.2) is 54.6 Å². The number of para-hydroxylation sites is 1. The van der Waals surface area contributed by atoms with Gasteiger partial charge in [-0.15, -0.1) is 0 Å². The quantitative estimate of drug-likeness (QED) is 0.715. The zero-order chi connectivity index (χ0) is 18.3. The highest BCUT2D eigenvalue weighted by Crippen LogP contribution is 2.33. The fourth-order valence-corrected chi connectivity index (χ4v) is 3.77. The minimum absolute atomic E-state index is 0.0696. The maximum Gasteiger partial charge on any atom is 0.258 e. The van der Waals surface area contributed by atoms with Crippen molar-refractivity contribution in [2.24, 2.45) is 0 Å². The molecular weight excluding hydrogens is 322 g/mol. The van der Waals surface area contributed by atoms with Gasteiger partial charge in [-0.2, -0.15) is 5.10 Å². The SMILES string of the molecule is Cc1cc(C)n(Cc2ccc(C(=O)N3c4ccccc4C[C@H]3C)cc2)n1. The Morgan fingerprint density at radius 1 is 1.12 bits per heavy atom. The average molecular weight is 345 g/mol. The molecular formula is C22H23N3O. The van der Waals surface area contributed by atoms with E-state index in [1.54, 1.807) is 0 Å². The van der Waals surface area contributed by atoms with Crippen LogP contribution in [0.3, 0.4) is 0 Å². The molecule has 2 heterocycles. The van der Waals surface area contributed by atoms with Crippen LogP contribution in [0.2, 0.25) is 0 Å². The van der Waals surface area contributed by atoms with Crippen molar-refractivity contribution in [3.63, 3.8) is 0 Å². The number of rotatable bonds is 3. The lowest BCUT2D eigenvalue weighted by Gasteiger charge is -2.23. The van der Waals surface area contributed by atoms with Gasteiger partial charge in [0.15, 0.2) is 0 Å². The Balaban J connectivity index is 1.55. The van der Waals surface area contributed by atoms with E-state index in [-0.39, 0.29) is 11.9 Å². The summed E-state index contributed by atoms with van der Waals surface area (Å²) in [7, 11) is 0. The smallest absolute Gasteiger partial charge is 0.258 e. The molecule has 1 amide bonds. The number of benzene rings is 2. The number of hydrogen-bond acceptors (Lipinski definition) is 2. The Bertz CT molecular complexity index is 956. The fourth-order valence-electron chi connectivity index (χ4n) is 3.77. The molecule has 0 N–H and O–H groups in total. The van der Waals surface area contributed by atoms with Crippen LogP contribution >= 0.6 is 0 Å². The maximum atomic E-state index is 13.1. The standard InChI is InChI=1S/C22H23N3O/c1-15-12-16(2)24(23-15)14-18-8-10-19(11-9-18)22(26)25-17(3)13-20-6-4-5-7-21(20)25/h4-12,17H,13-14H2,1-3H3/t17-/m1/s1. The number of fused-ring (bicyclic) bond motifs is 1. The zero-order valence-corrected chi connectivity index (χ0v) is 15.4. The molecule has 0 saturated heterocycles. The normalized spacial score (nSPS) is 16.0. The second kappa shape index (κ2) is 6.45. The zero-order valence-electron chi connectivity index (χ0n) is 15.4. The van der Waals surface area contributed by atoms with Crippen LogP contribution in [0.4, 0.5) is 5.69 Å². The van der Waals surface area contributed by atoms with Gasteiger partial charge in [0, 0.05) is 23.0 Å². The monoisotopic (exact) mass is 345 g/mol. The van der Waals surface area contributed by atoms with Gasteiger partial charge in [-0.25, -0.2) is 0 Å². The van der Waals surface area contributed by atoms with Crippen molar-refractivity contribution in [1.29, 1.82) is 0 Å². The van der Waals surface area contributed by atoms with Gasteiger partial charge >= 0.3 is 0 Å². The Morgan fingerprint density at radius 2 is 1.85 bits per heavy atom. The predicted molar refractivity (Wildman–Crippen MR) is 104 cm³/mol. The largest absolute Gasteiger partial charge is 0.305 e. The predicted octanol–water partition coefficient (Wildman–Crippen LogP) is 4.14. The summed E-state index contributed by atoms with van der Waals surface area (Å²) < 4.78 is 1.99. The number of aromatic nitrogens is 2. The molecule has 0 radical (unpaired) electrons. The van der Waals surface area contributed by atoms with Crippen molar-refractivity contribution in [2.75, 3.05) is 4.90 Å². The molecule has 4 heteroatoms. The van der Waals surface area contributed by atoms with E-state index in [9.17, 15) is 4.79 Å². The van der Waals surface area contributed by atoms with Crippen molar-refractivity contribution >= 4 is 11.6 Å². The molecule has 0 bridgehead atoms. The molecule has 4 nitrogen and oxygen atoms in total. The van der Waals surface area contributed by atoms with E-state index in [4.69, 9.17) is 0 Å². The lowest BCUT2D eigenvalue weighted by molar-refractivity contribution is 0.0981. The summed E-state index contributed by atoms with van der Waals surface area (Å²) in [5.41, 5.74) is 6.32. The van der Waals surface area contributed by atoms with E-state index in [0.29, 0.717) is 0 Å². The topological polar surface area (TPSA) is 38.1 Å². The molecule has 1 aliphatic rings. The van der Waals surface area contributed by atoms with E-state index in [2.05, 4.69) is 31.1 Å². The van der Waals surface area contributed by atoms with Crippen LogP contribution in [-0.2, 0) is 13.0 Å². The maximum absolute atomic E-state index is 13.1. The molecule has 2 aromatic carbocycles. The molecule has 26 heavy (non-hydrogen) atoms. The number of nitrogens with zero attached hydrogens (tertiary/aromatic N) is 3. The summed E-state index contributed by atoms with van der Waals surface area (Å²) in [5, 5.41) is 4.50. The van der Waals surface area contributed by atoms with Crippen LogP contribution in [0, 0.1) is 13.8 Å². The minimum Gasteiger partial charge on any atom is -0.305 e. The van der Waals surface area contributed by atoms with Gasteiger partial charge in [-0.1, -0.05) is 30.3 Å². The molecule has 1 aromatic heterocycles. The summed E-state index contributed by atoms with van der Waals surface area (Å²) in [6, 6.07) is 18.3. The first-order valence-corrected chi connectivity index (χ1v) is 9.04. The van der Waals surface area contributed by atoms with Crippen LogP contribution in [0.5, 0.6) is 0 Å². The number of amides is 1. The van der Waals surface area contributed by atoms with Gasteiger partial charge in [0.25, 0.3) is 5.91 Å². The van der Waals surface area contributed by atoms with Gasteiger partial charge in [-0.3, -0.25) is 9.48 Å². The highest BCUT2D eigenvalue weighted by molar-refractivity contribution is 6.07.